The topological polar surface area (TPSA) is 20.7 Å². The second kappa shape index (κ2) is 11.5. The van der Waals surface area contributed by atoms with Gasteiger partial charge in [0.1, 0.15) is 0 Å². The Morgan fingerprint density at radius 3 is 1.18 bits per heavy atom. The maximum Gasteiger partial charge on any atom is 0.0710 e. The van der Waals surface area contributed by atoms with Gasteiger partial charge in [-0.25, -0.2) is 0 Å². The average Bonchev–Trinajstić information content (AvgIpc) is 3.73. The Bertz CT molecular complexity index is 2730. The van der Waals surface area contributed by atoms with E-state index in [1.54, 1.807) is 0 Å². The van der Waals surface area contributed by atoms with Crippen molar-refractivity contribution in [3.8, 4) is 50.2 Å². The predicted octanol–water partition coefficient (Wildman–Crippen LogP) is 13.1. The molecule has 0 aliphatic carbocycles. The Balaban J connectivity index is 1.30. The molecule has 0 spiro atoms. The Morgan fingerprint density at radius 1 is 0.300 bits per heavy atom. The third kappa shape index (κ3) is 4.65. The van der Waals surface area contributed by atoms with Crippen LogP contribution in [0.5, 0.6) is 0 Å². The van der Waals surface area contributed by atoms with E-state index >= 15 is 0 Å². The van der Waals surface area contributed by atoms with Crippen LogP contribution < -0.4 is 0 Å². The van der Waals surface area contributed by atoms with E-state index in [4.69, 9.17) is 0 Å². The Hall–Kier alpha value is -6.64. The number of nitrogens with zero attached hydrogens (tertiary/aromatic N) is 1. The van der Waals surface area contributed by atoms with E-state index < -0.39 is 0 Å². The van der Waals surface area contributed by atoms with Crippen molar-refractivity contribution in [1.82, 2.24) is 9.55 Å². The van der Waals surface area contributed by atoms with Gasteiger partial charge in [0.05, 0.1) is 22.2 Å². The van der Waals surface area contributed by atoms with Crippen LogP contribution in [0.3, 0.4) is 0 Å². The molecule has 8 aromatic carbocycles. The van der Waals surface area contributed by atoms with Crippen LogP contribution in [0.15, 0.2) is 188 Å². The number of hydrogen-bond acceptors (Lipinski definition) is 0. The molecule has 0 saturated carbocycles. The predicted molar refractivity (Wildman–Crippen MR) is 212 cm³/mol. The van der Waals surface area contributed by atoms with Gasteiger partial charge in [-0.3, -0.25) is 0 Å². The van der Waals surface area contributed by atoms with Gasteiger partial charge in [0, 0.05) is 27.1 Å². The van der Waals surface area contributed by atoms with Crippen molar-refractivity contribution >= 4 is 43.6 Å². The van der Waals surface area contributed by atoms with Crippen molar-refractivity contribution in [2.45, 2.75) is 0 Å². The number of rotatable bonds is 5. The van der Waals surface area contributed by atoms with Gasteiger partial charge < -0.3 is 9.55 Å². The van der Waals surface area contributed by atoms with Crippen LogP contribution in [-0.4, -0.2) is 9.55 Å². The van der Waals surface area contributed by atoms with Gasteiger partial charge in [0.15, 0.2) is 0 Å². The lowest BCUT2D eigenvalue weighted by Crippen LogP contribution is -1.96. The molecule has 0 unspecified atom stereocenters. The van der Waals surface area contributed by atoms with Crippen LogP contribution in [0.25, 0.3) is 93.8 Å². The minimum atomic E-state index is 1.13. The van der Waals surface area contributed by atoms with E-state index in [1.807, 2.05) is 0 Å². The van der Waals surface area contributed by atoms with Gasteiger partial charge in [-0.1, -0.05) is 140 Å². The summed E-state index contributed by atoms with van der Waals surface area (Å²) < 4.78 is 2.47. The van der Waals surface area contributed by atoms with Crippen LogP contribution in [0.2, 0.25) is 0 Å². The molecule has 2 heteroatoms. The number of nitrogens with one attached hydrogen (secondary N) is 1. The highest BCUT2D eigenvalue weighted by atomic mass is 15.0. The van der Waals surface area contributed by atoms with E-state index in [-0.39, 0.29) is 0 Å². The molecule has 0 saturated heterocycles. The summed E-state index contributed by atoms with van der Waals surface area (Å²) in [5.41, 5.74) is 15.4. The van der Waals surface area contributed by atoms with Crippen LogP contribution in [0, 0.1) is 0 Å². The second-order valence-electron chi connectivity index (χ2n) is 13.1. The summed E-state index contributed by atoms with van der Waals surface area (Å²) in [7, 11) is 0. The highest BCUT2D eigenvalue weighted by molar-refractivity contribution is 6.16. The minimum absolute atomic E-state index is 1.13. The first-order valence-corrected chi connectivity index (χ1v) is 17.2. The normalized spacial score (nSPS) is 11.6. The zero-order chi connectivity index (χ0) is 33.0. The van der Waals surface area contributed by atoms with Crippen LogP contribution in [0.1, 0.15) is 0 Å². The minimum Gasteiger partial charge on any atom is -0.353 e. The van der Waals surface area contributed by atoms with E-state index in [0.29, 0.717) is 0 Å². The molecule has 0 aliphatic heterocycles. The quantitative estimate of drug-likeness (QED) is 0.194. The van der Waals surface area contributed by atoms with Crippen LogP contribution in [-0.2, 0) is 0 Å². The first kappa shape index (κ1) is 28.4. The molecule has 234 valence electrons. The summed E-state index contributed by atoms with van der Waals surface area (Å²) in [6.07, 6.45) is 0. The summed E-state index contributed by atoms with van der Waals surface area (Å²) in [6, 6.07) is 68.2. The first-order valence-electron chi connectivity index (χ1n) is 17.2. The summed E-state index contributed by atoms with van der Waals surface area (Å²) >= 11 is 0. The summed E-state index contributed by atoms with van der Waals surface area (Å²) in [5, 5.41) is 4.91. The Morgan fingerprint density at radius 2 is 0.700 bits per heavy atom. The largest absolute Gasteiger partial charge is 0.353 e. The van der Waals surface area contributed by atoms with Crippen molar-refractivity contribution in [2.24, 2.45) is 0 Å². The molecule has 0 fully saturated rings. The molecular weight excluding hydrogens is 605 g/mol. The van der Waals surface area contributed by atoms with Gasteiger partial charge >= 0.3 is 0 Å². The number of H-pyrrole nitrogens is 1. The fourth-order valence-electron chi connectivity index (χ4n) is 7.67. The highest BCUT2D eigenvalue weighted by Gasteiger charge is 2.20. The molecule has 0 atom stereocenters. The van der Waals surface area contributed by atoms with Crippen LogP contribution >= 0.6 is 0 Å². The number of fused-ring (bicyclic) bond motifs is 6. The Kier molecular flexibility index (Phi) is 6.53. The lowest BCUT2D eigenvalue weighted by molar-refractivity contribution is 1.19. The van der Waals surface area contributed by atoms with Crippen molar-refractivity contribution in [2.75, 3.05) is 0 Å². The maximum atomic E-state index is 3.88. The summed E-state index contributed by atoms with van der Waals surface area (Å²) in [6.45, 7) is 0. The average molecular weight is 637 g/mol. The number of aromatic amines is 1. The zero-order valence-corrected chi connectivity index (χ0v) is 27.3. The highest BCUT2D eigenvalue weighted by Crippen LogP contribution is 2.42. The third-order valence-electron chi connectivity index (χ3n) is 10.1. The standard InChI is InChI=1S/C48H32N2/c1-5-13-32(14-6-1)36-21-24-44-40(27-36)43-30-39(35-19-11-4-12-20-35)31-47(48(43)49-44)50-45-25-22-37(33-15-7-2-8-16-33)28-41(45)42-29-38(23-26-46(42)50)34-17-9-3-10-18-34/h1-31,49H. The molecule has 50 heavy (non-hydrogen) atoms. The van der Waals surface area contributed by atoms with Gasteiger partial charge in [-0.15, -0.1) is 0 Å². The lowest BCUT2D eigenvalue weighted by atomic mass is 9.99. The maximum absolute atomic E-state index is 3.88. The molecule has 2 nitrogen and oxygen atoms in total. The van der Waals surface area contributed by atoms with Gasteiger partial charge in [-0.05, 0) is 93.0 Å². The molecule has 1 N–H and O–H groups in total. The van der Waals surface area contributed by atoms with Crippen molar-refractivity contribution in [1.29, 1.82) is 0 Å². The van der Waals surface area contributed by atoms with Gasteiger partial charge in [0.2, 0.25) is 0 Å². The van der Waals surface area contributed by atoms with Crippen LogP contribution in [0.4, 0.5) is 0 Å². The van der Waals surface area contributed by atoms with E-state index in [9.17, 15) is 0 Å². The fourth-order valence-corrected chi connectivity index (χ4v) is 7.67. The summed E-state index contributed by atoms with van der Waals surface area (Å²) in [5.74, 6) is 0. The Labute approximate surface area is 290 Å². The third-order valence-corrected chi connectivity index (χ3v) is 10.1. The van der Waals surface area contributed by atoms with E-state index in [2.05, 4.69) is 198 Å². The zero-order valence-electron chi connectivity index (χ0n) is 27.3. The molecule has 0 bridgehead atoms. The second-order valence-corrected chi connectivity index (χ2v) is 13.1. The molecule has 0 radical (unpaired) electrons. The molecule has 2 heterocycles. The van der Waals surface area contributed by atoms with Gasteiger partial charge in [0.25, 0.3) is 0 Å². The molecular formula is C48H32N2. The van der Waals surface area contributed by atoms with Crippen molar-refractivity contribution in [3.63, 3.8) is 0 Å². The first-order chi connectivity index (χ1) is 24.8. The van der Waals surface area contributed by atoms with E-state index in [1.165, 1.54) is 77.1 Å². The number of aromatic nitrogens is 2. The molecule has 0 amide bonds. The van der Waals surface area contributed by atoms with Gasteiger partial charge in [-0.2, -0.15) is 0 Å². The molecule has 2 aromatic heterocycles. The lowest BCUT2D eigenvalue weighted by Gasteiger charge is -2.13. The monoisotopic (exact) mass is 636 g/mol. The fraction of sp³-hybridized carbons (Fsp3) is 0. The molecule has 10 rings (SSSR count). The number of hydrogen-bond donors (Lipinski definition) is 1. The summed E-state index contributed by atoms with van der Waals surface area (Å²) in [4.78, 5) is 3.88. The molecule has 0 aliphatic rings. The van der Waals surface area contributed by atoms with E-state index in [0.717, 1.165) is 16.7 Å². The SMILES string of the molecule is c1ccc(-c2ccc3[nH]c4c(-n5c6ccc(-c7ccccc7)cc6c6cc(-c7ccccc7)ccc65)cc(-c5ccccc5)cc4c3c2)cc1. The smallest absolute Gasteiger partial charge is 0.0710 e. The molecule has 10 aromatic rings. The number of benzene rings is 8. The van der Waals surface area contributed by atoms with Crippen molar-refractivity contribution in [3.05, 3.63) is 188 Å². The van der Waals surface area contributed by atoms with Crippen molar-refractivity contribution < 1.29 is 0 Å².